The molecule has 0 saturated heterocycles. The summed E-state index contributed by atoms with van der Waals surface area (Å²) in [4.78, 5) is 4.03. The van der Waals surface area contributed by atoms with Gasteiger partial charge in [-0.15, -0.1) is 11.3 Å². The summed E-state index contributed by atoms with van der Waals surface area (Å²) in [6, 6.07) is 1.91. The van der Waals surface area contributed by atoms with Crippen LogP contribution in [0.4, 0.5) is 20.2 Å². The highest BCUT2D eigenvalue weighted by Crippen LogP contribution is 2.24. The van der Waals surface area contributed by atoms with Crippen molar-refractivity contribution in [3.8, 4) is 0 Å². The van der Waals surface area contributed by atoms with E-state index < -0.39 is 11.6 Å². The van der Waals surface area contributed by atoms with Crippen molar-refractivity contribution in [2.45, 2.75) is 6.54 Å². The molecule has 2 aromatic rings. The second-order valence-electron chi connectivity index (χ2n) is 3.13. The number of aromatic nitrogens is 1. The molecule has 0 fully saturated rings. The van der Waals surface area contributed by atoms with Gasteiger partial charge in [0.2, 0.25) is 0 Å². The summed E-state index contributed by atoms with van der Waals surface area (Å²) in [5.41, 5.74) is 5.63. The van der Waals surface area contributed by atoms with Gasteiger partial charge in [-0.3, -0.25) is 0 Å². The molecule has 0 aliphatic carbocycles. The molecule has 84 valence electrons. The minimum Gasteiger partial charge on any atom is -0.395 e. The van der Waals surface area contributed by atoms with Crippen molar-refractivity contribution in [1.29, 1.82) is 0 Å². The van der Waals surface area contributed by atoms with Crippen LogP contribution < -0.4 is 11.1 Å². The largest absolute Gasteiger partial charge is 0.395 e. The summed E-state index contributed by atoms with van der Waals surface area (Å²) in [6.07, 6.45) is 1.66. The highest BCUT2D eigenvalue weighted by Gasteiger charge is 2.08. The monoisotopic (exact) mass is 241 g/mol. The van der Waals surface area contributed by atoms with Crippen LogP contribution in [0.2, 0.25) is 0 Å². The van der Waals surface area contributed by atoms with Gasteiger partial charge in [-0.05, 0) is 6.07 Å². The number of nitrogen functional groups attached to an aromatic ring is 1. The quantitative estimate of drug-likeness (QED) is 0.812. The van der Waals surface area contributed by atoms with Crippen molar-refractivity contribution in [3.63, 3.8) is 0 Å². The topological polar surface area (TPSA) is 50.9 Å². The van der Waals surface area contributed by atoms with Crippen LogP contribution in [0.5, 0.6) is 0 Å². The molecule has 0 aliphatic heterocycles. The van der Waals surface area contributed by atoms with Gasteiger partial charge >= 0.3 is 0 Å². The lowest BCUT2D eigenvalue weighted by atomic mass is 10.2. The van der Waals surface area contributed by atoms with Crippen LogP contribution in [0.25, 0.3) is 0 Å². The lowest BCUT2D eigenvalue weighted by Gasteiger charge is -2.08. The number of anilines is 2. The SMILES string of the molecule is Nc1c(F)cc(F)cc1NCc1nccs1. The molecule has 3 N–H and O–H groups in total. The van der Waals surface area contributed by atoms with Gasteiger partial charge in [0, 0.05) is 17.6 Å². The molecular formula is C10H9F2N3S. The Morgan fingerprint density at radius 2 is 2.19 bits per heavy atom. The van der Waals surface area contributed by atoms with Crippen LogP contribution in [-0.4, -0.2) is 4.98 Å². The number of benzene rings is 1. The molecule has 0 unspecified atom stereocenters. The van der Waals surface area contributed by atoms with Crippen LogP contribution in [0, 0.1) is 11.6 Å². The van der Waals surface area contributed by atoms with E-state index in [1.165, 1.54) is 11.3 Å². The highest BCUT2D eigenvalue weighted by atomic mass is 32.1. The third kappa shape index (κ3) is 2.27. The van der Waals surface area contributed by atoms with Gasteiger partial charge in [-0.2, -0.15) is 0 Å². The van der Waals surface area contributed by atoms with Gasteiger partial charge in [-0.25, -0.2) is 13.8 Å². The predicted molar refractivity (Wildman–Crippen MR) is 60.2 cm³/mol. The van der Waals surface area contributed by atoms with E-state index in [9.17, 15) is 8.78 Å². The van der Waals surface area contributed by atoms with Crippen LogP contribution >= 0.6 is 11.3 Å². The van der Waals surface area contributed by atoms with Gasteiger partial charge in [-0.1, -0.05) is 0 Å². The molecule has 0 saturated carbocycles. The van der Waals surface area contributed by atoms with Gasteiger partial charge in [0.25, 0.3) is 0 Å². The summed E-state index contributed by atoms with van der Waals surface area (Å²) in [5, 5.41) is 5.49. The zero-order valence-electron chi connectivity index (χ0n) is 8.21. The van der Waals surface area contributed by atoms with E-state index in [0.29, 0.717) is 6.54 Å². The summed E-state index contributed by atoms with van der Waals surface area (Å²) in [7, 11) is 0. The van der Waals surface area contributed by atoms with Crippen LogP contribution in [0.1, 0.15) is 5.01 Å². The number of rotatable bonds is 3. The molecule has 0 amide bonds. The van der Waals surface area contributed by atoms with Gasteiger partial charge in [0.1, 0.15) is 10.8 Å². The number of halogens is 2. The first kappa shape index (κ1) is 10.8. The third-order valence-corrected chi connectivity index (χ3v) is 2.79. The standard InChI is InChI=1S/C10H9F2N3S/c11-6-3-7(12)10(13)8(4-6)15-5-9-14-1-2-16-9/h1-4,15H,5,13H2. The first-order valence-corrected chi connectivity index (χ1v) is 5.41. The Balaban J connectivity index is 2.15. The smallest absolute Gasteiger partial charge is 0.151 e. The van der Waals surface area contributed by atoms with Crippen LogP contribution in [-0.2, 0) is 6.54 Å². The van der Waals surface area contributed by atoms with E-state index in [4.69, 9.17) is 5.73 Å². The second kappa shape index (κ2) is 4.44. The number of hydrogen-bond acceptors (Lipinski definition) is 4. The number of nitrogens with one attached hydrogen (secondary N) is 1. The number of nitrogens with zero attached hydrogens (tertiary/aromatic N) is 1. The molecule has 1 heterocycles. The average Bonchev–Trinajstić information content (AvgIpc) is 2.74. The van der Waals surface area contributed by atoms with Gasteiger partial charge in [0.15, 0.2) is 5.82 Å². The molecule has 0 spiro atoms. The van der Waals surface area contributed by atoms with E-state index in [0.717, 1.165) is 17.1 Å². The summed E-state index contributed by atoms with van der Waals surface area (Å²) < 4.78 is 26.0. The number of hydrogen-bond donors (Lipinski definition) is 2. The van der Waals surface area contributed by atoms with E-state index in [1.807, 2.05) is 5.38 Å². The van der Waals surface area contributed by atoms with Crippen molar-refractivity contribution in [3.05, 3.63) is 40.4 Å². The number of thiazole rings is 1. The van der Waals surface area contributed by atoms with Crippen molar-refractivity contribution in [2.24, 2.45) is 0 Å². The van der Waals surface area contributed by atoms with Crippen LogP contribution in [0.15, 0.2) is 23.7 Å². The lowest BCUT2D eigenvalue weighted by Crippen LogP contribution is -2.04. The third-order valence-electron chi connectivity index (χ3n) is 2.01. The summed E-state index contributed by atoms with van der Waals surface area (Å²) in [5.74, 6) is -1.42. The molecule has 16 heavy (non-hydrogen) atoms. The fourth-order valence-electron chi connectivity index (χ4n) is 1.24. The summed E-state index contributed by atoms with van der Waals surface area (Å²) in [6.45, 7) is 0.394. The van der Waals surface area contributed by atoms with E-state index in [-0.39, 0.29) is 11.4 Å². The Morgan fingerprint density at radius 3 is 2.88 bits per heavy atom. The highest BCUT2D eigenvalue weighted by molar-refractivity contribution is 7.09. The molecule has 1 aromatic heterocycles. The molecule has 2 rings (SSSR count). The Labute approximate surface area is 94.9 Å². The fourth-order valence-corrected chi connectivity index (χ4v) is 1.80. The van der Waals surface area contributed by atoms with Crippen LogP contribution in [0.3, 0.4) is 0 Å². The van der Waals surface area contributed by atoms with E-state index in [2.05, 4.69) is 10.3 Å². The molecule has 0 radical (unpaired) electrons. The second-order valence-corrected chi connectivity index (χ2v) is 4.11. The predicted octanol–water partition coefficient (Wildman–Crippen LogP) is 2.62. The molecule has 0 aliphatic rings. The van der Waals surface area contributed by atoms with Crippen molar-refractivity contribution in [2.75, 3.05) is 11.1 Å². The Hall–Kier alpha value is -1.69. The maximum absolute atomic E-state index is 13.1. The van der Waals surface area contributed by atoms with Crippen molar-refractivity contribution in [1.82, 2.24) is 4.98 Å². The number of nitrogens with two attached hydrogens (primary N) is 1. The summed E-state index contributed by atoms with van der Waals surface area (Å²) >= 11 is 1.45. The maximum atomic E-state index is 13.1. The Kier molecular flexibility index (Phi) is 3.00. The fraction of sp³-hybridized carbons (Fsp3) is 0.100. The molecule has 0 bridgehead atoms. The first-order chi connectivity index (χ1) is 7.66. The zero-order valence-corrected chi connectivity index (χ0v) is 9.02. The molecular weight excluding hydrogens is 232 g/mol. The van der Waals surface area contributed by atoms with Gasteiger partial charge in [0.05, 0.1) is 17.9 Å². The molecule has 6 heteroatoms. The normalized spacial score (nSPS) is 10.4. The minimum atomic E-state index is -0.762. The average molecular weight is 241 g/mol. The molecule has 0 atom stereocenters. The zero-order chi connectivity index (χ0) is 11.5. The van der Waals surface area contributed by atoms with Crippen molar-refractivity contribution < 1.29 is 8.78 Å². The van der Waals surface area contributed by atoms with Gasteiger partial charge < -0.3 is 11.1 Å². The Morgan fingerprint density at radius 1 is 1.38 bits per heavy atom. The maximum Gasteiger partial charge on any atom is 0.151 e. The first-order valence-electron chi connectivity index (χ1n) is 4.53. The molecule has 1 aromatic carbocycles. The minimum absolute atomic E-state index is 0.0852. The van der Waals surface area contributed by atoms with Crippen molar-refractivity contribution >= 4 is 22.7 Å². The Bertz CT molecular complexity index is 485. The molecule has 3 nitrogen and oxygen atoms in total. The lowest BCUT2D eigenvalue weighted by molar-refractivity contribution is 0.587. The van der Waals surface area contributed by atoms with E-state index in [1.54, 1.807) is 6.20 Å². The van der Waals surface area contributed by atoms with E-state index >= 15 is 0 Å².